The van der Waals surface area contributed by atoms with Gasteiger partial charge < -0.3 is 9.84 Å². The van der Waals surface area contributed by atoms with E-state index in [4.69, 9.17) is 0 Å². The van der Waals surface area contributed by atoms with Crippen LogP contribution >= 0.6 is 0 Å². The lowest BCUT2D eigenvalue weighted by Gasteiger charge is -2.26. The van der Waals surface area contributed by atoms with Crippen LogP contribution in [0.1, 0.15) is 51.7 Å². The molecule has 22 heavy (non-hydrogen) atoms. The number of carbonyl (C=O) groups excluding carboxylic acids is 1. The Bertz CT molecular complexity index is 717. The molecule has 0 atom stereocenters. The molecule has 1 saturated carbocycles. The first kappa shape index (κ1) is 14.2. The van der Waals surface area contributed by atoms with Gasteiger partial charge in [0.05, 0.1) is 24.1 Å². The molecule has 0 spiro atoms. The highest BCUT2D eigenvalue weighted by molar-refractivity contribution is 5.89. The number of benzene rings is 1. The first-order chi connectivity index (χ1) is 10.6. The van der Waals surface area contributed by atoms with Crippen LogP contribution in [0.2, 0.25) is 0 Å². The van der Waals surface area contributed by atoms with Crippen LogP contribution < -0.4 is 0 Å². The quantitative estimate of drug-likeness (QED) is 0.868. The van der Waals surface area contributed by atoms with Crippen molar-refractivity contribution in [2.75, 3.05) is 7.11 Å². The average Bonchev–Trinajstić information content (AvgIpc) is 2.89. The summed E-state index contributed by atoms with van der Waals surface area (Å²) in [6, 6.07) is 6.64. The fraction of sp³-hybridized carbons (Fsp3) is 0.333. The molecule has 1 aromatic carbocycles. The minimum absolute atomic E-state index is 0.00162. The topological polar surface area (TPSA) is 94.3 Å². The van der Waals surface area contributed by atoms with Gasteiger partial charge in [0.1, 0.15) is 0 Å². The van der Waals surface area contributed by atoms with E-state index in [2.05, 4.69) is 15.0 Å². The first-order valence-electron chi connectivity index (χ1n) is 6.99. The minimum Gasteiger partial charge on any atom is -0.476 e. The maximum atomic E-state index is 11.5. The SMILES string of the molecule is COC(=O)c1ccc(-n2nnc(C(=O)O)c2C2CCC2)cc1. The number of aromatic carboxylic acids is 1. The van der Waals surface area contributed by atoms with Crippen molar-refractivity contribution in [2.24, 2.45) is 0 Å². The van der Waals surface area contributed by atoms with Crippen LogP contribution in [-0.2, 0) is 4.74 Å². The fourth-order valence-corrected chi connectivity index (χ4v) is 2.54. The van der Waals surface area contributed by atoms with Crippen molar-refractivity contribution in [2.45, 2.75) is 25.2 Å². The predicted molar refractivity (Wildman–Crippen MR) is 76.2 cm³/mol. The molecule has 7 nitrogen and oxygen atoms in total. The third-order valence-electron chi connectivity index (χ3n) is 3.93. The lowest BCUT2D eigenvalue weighted by atomic mass is 9.82. The zero-order chi connectivity index (χ0) is 15.7. The van der Waals surface area contributed by atoms with Crippen molar-refractivity contribution in [3.8, 4) is 5.69 Å². The number of ether oxygens (including phenoxy) is 1. The van der Waals surface area contributed by atoms with Gasteiger partial charge in [0, 0.05) is 5.92 Å². The second-order valence-corrected chi connectivity index (χ2v) is 5.21. The zero-order valence-corrected chi connectivity index (χ0v) is 12.0. The molecular formula is C15H15N3O4. The van der Waals surface area contributed by atoms with E-state index in [1.54, 1.807) is 28.9 Å². The van der Waals surface area contributed by atoms with E-state index in [0.29, 0.717) is 16.9 Å². The van der Waals surface area contributed by atoms with Gasteiger partial charge in [-0.3, -0.25) is 0 Å². The summed E-state index contributed by atoms with van der Waals surface area (Å²) < 4.78 is 6.20. The minimum atomic E-state index is -1.07. The number of esters is 1. The van der Waals surface area contributed by atoms with Gasteiger partial charge in [-0.05, 0) is 37.1 Å². The molecular weight excluding hydrogens is 286 g/mol. The molecule has 7 heteroatoms. The summed E-state index contributed by atoms with van der Waals surface area (Å²) in [7, 11) is 1.32. The number of hydrogen-bond acceptors (Lipinski definition) is 5. The largest absolute Gasteiger partial charge is 0.476 e. The van der Waals surface area contributed by atoms with E-state index in [9.17, 15) is 14.7 Å². The Labute approximate surface area is 126 Å². The Morgan fingerprint density at radius 1 is 1.27 bits per heavy atom. The highest BCUT2D eigenvalue weighted by Gasteiger charge is 2.31. The molecule has 3 rings (SSSR count). The summed E-state index contributed by atoms with van der Waals surface area (Å²) in [6.45, 7) is 0. The average molecular weight is 301 g/mol. The number of carbonyl (C=O) groups is 2. The molecule has 0 unspecified atom stereocenters. The number of carboxylic acids is 1. The van der Waals surface area contributed by atoms with Gasteiger partial charge in [0.2, 0.25) is 0 Å². The van der Waals surface area contributed by atoms with E-state index in [0.717, 1.165) is 19.3 Å². The Morgan fingerprint density at radius 3 is 2.45 bits per heavy atom. The first-order valence-corrected chi connectivity index (χ1v) is 6.99. The molecule has 0 radical (unpaired) electrons. The molecule has 0 saturated heterocycles. The van der Waals surface area contributed by atoms with Gasteiger partial charge in [0.15, 0.2) is 5.69 Å². The number of nitrogens with zero attached hydrogens (tertiary/aromatic N) is 3. The van der Waals surface area contributed by atoms with Gasteiger partial charge in [0.25, 0.3) is 0 Å². The lowest BCUT2D eigenvalue weighted by Crippen LogP contribution is -2.17. The molecule has 2 aromatic rings. The molecule has 1 aromatic heterocycles. The van der Waals surface area contributed by atoms with Gasteiger partial charge >= 0.3 is 11.9 Å². The predicted octanol–water partition coefficient (Wildman–Crippen LogP) is 2.02. The Hall–Kier alpha value is -2.70. The monoisotopic (exact) mass is 301 g/mol. The van der Waals surface area contributed by atoms with Gasteiger partial charge in [-0.2, -0.15) is 0 Å². The van der Waals surface area contributed by atoms with Crippen LogP contribution in [0.15, 0.2) is 24.3 Å². The van der Waals surface area contributed by atoms with Crippen LogP contribution in [0.25, 0.3) is 5.69 Å². The van der Waals surface area contributed by atoms with Crippen LogP contribution in [-0.4, -0.2) is 39.1 Å². The smallest absolute Gasteiger partial charge is 0.358 e. The Balaban J connectivity index is 2.01. The van der Waals surface area contributed by atoms with Crippen molar-refractivity contribution < 1.29 is 19.4 Å². The summed E-state index contributed by atoms with van der Waals surface area (Å²) in [5.41, 5.74) is 1.73. The highest BCUT2D eigenvalue weighted by atomic mass is 16.5. The van der Waals surface area contributed by atoms with Crippen LogP contribution in [0, 0.1) is 0 Å². The third kappa shape index (κ3) is 2.34. The van der Waals surface area contributed by atoms with E-state index in [1.807, 2.05) is 0 Å². The van der Waals surface area contributed by atoms with Gasteiger partial charge in [-0.15, -0.1) is 5.10 Å². The summed E-state index contributed by atoms with van der Waals surface area (Å²) in [5, 5.41) is 17.0. The van der Waals surface area contributed by atoms with Gasteiger partial charge in [-0.1, -0.05) is 11.6 Å². The van der Waals surface area contributed by atoms with Crippen LogP contribution in [0.5, 0.6) is 0 Å². The van der Waals surface area contributed by atoms with Crippen molar-refractivity contribution >= 4 is 11.9 Å². The number of rotatable bonds is 4. The Morgan fingerprint density at radius 2 is 1.95 bits per heavy atom. The van der Waals surface area contributed by atoms with Crippen molar-refractivity contribution in [3.63, 3.8) is 0 Å². The van der Waals surface area contributed by atoms with Crippen LogP contribution in [0.3, 0.4) is 0 Å². The Kier molecular flexibility index (Phi) is 3.62. The normalized spacial score (nSPS) is 14.4. The summed E-state index contributed by atoms with van der Waals surface area (Å²) in [6.07, 6.45) is 2.96. The second kappa shape index (κ2) is 5.59. The summed E-state index contributed by atoms with van der Waals surface area (Å²) >= 11 is 0. The van der Waals surface area contributed by atoms with Crippen molar-refractivity contribution in [1.82, 2.24) is 15.0 Å². The zero-order valence-electron chi connectivity index (χ0n) is 12.0. The molecule has 0 aliphatic heterocycles. The lowest BCUT2D eigenvalue weighted by molar-refractivity contribution is 0.0599. The van der Waals surface area contributed by atoms with E-state index in [1.165, 1.54) is 7.11 Å². The number of methoxy groups -OCH3 is 1. The molecule has 1 aliphatic carbocycles. The molecule has 1 aliphatic rings. The molecule has 0 amide bonds. The maximum Gasteiger partial charge on any atom is 0.358 e. The van der Waals surface area contributed by atoms with Crippen molar-refractivity contribution in [1.29, 1.82) is 0 Å². The second-order valence-electron chi connectivity index (χ2n) is 5.21. The fourth-order valence-electron chi connectivity index (χ4n) is 2.54. The molecule has 1 N–H and O–H groups in total. The number of hydrogen-bond donors (Lipinski definition) is 1. The third-order valence-corrected chi connectivity index (χ3v) is 3.93. The van der Waals surface area contributed by atoms with E-state index < -0.39 is 11.9 Å². The molecule has 114 valence electrons. The van der Waals surface area contributed by atoms with Gasteiger partial charge in [-0.25, -0.2) is 14.3 Å². The molecule has 0 bridgehead atoms. The highest BCUT2D eigenvalue weighted by Crippen LogP contribution is 2.38. The molecule has 1 fully saturated rings. The van der Waals surface area contributed by atoms with Crippen molar-refractivity contribution in [3.05, 3.63) is 41.2 Å². The standard InChI is InChI=1S/C15H15N3O4/c1-22-15(21)10-5-7-11(8-6-10)18-13(9-3-2-4-9)12(14(19)20)16-17-18/h5-9H,2-4H2,1H3,(H,19,20). The van der Waals surface area contributed by atoms with E-state index >= 15 is 0 Å². The number of aromatic nitrogens is 3. The van der Waals surface area contributed by atoms with Crippen LogP contribution in [0.4, 0.5) is 0 Å². The van der Waals surface area contributed by atoms with E-state index in [-0.39, 0.29) is 11.6 Å². The summed E-state index contributed by atoms with van der Waals surface area (Å²) in [4.78, 5) is 22.8. The molecule has 1 heterocycles. The summed E-state index contributed by atoms with van der Waals surface area (Å²) in [5.74, 6) is -1.32. The maximum absolute atomic E-state index is 11.5. The number of carboxylic acid groups (broad SMARTS) is 1.